The van der Waals surface area contributed by atoms with Crippen molar-refractivity contribution >= 4 is 50.1 Å². The number of rotatable bonds is 3. The Morgan fingerprint density at radius 1 is 1.33 bits per heavy atom. The predicted molar refractivity (Wildman–Crippen MR) is 98.1 cm³/mol. The summed E-state index contributed by atoms with van der Waals surface area (Å²) in [5, 5.41) is 0.753. The zero-order valence-corrected chi connectivity index (χ0v) is 15.7. The Morgan fingerprint density at radius 2 is 2.14 bits per heavy atom. The zero-order valence-electron chi connectivity index (χ0n) is 11.2. The van der Waals surface area contributed by atoms with Crippen molar-refractivity contribution in [1.82, 2.24) is 0 Å². The lowest BCUT2D eigenvalue weighted by Crippen LogP contribution is -2.14. The highest BCUT2D eigenvalue weighted by Gasteiger charge is 2.20. The van der Waals surface area contributed by atoms with Crippen LogP contribution in [-0.2, 0) is 12.8 Å². The van der Waals surface area contributed by atoms with Crippen molar-refractivity contribution in [1.29, 1.82) is 0 Å². The Bertz CT molecular complexity index is 692. The molecule has 0 fully saturated rings. The van der Waals surface area contributed by atoms with Gasteiger partial charge in [-0.3, -0.25) is 0 Å². The monoisotopic (exact) mass is 477 g/mol. The van der Waals surface area contributed by atoms with Crippen molar-refractivity contribution in [3.63, 3.8) is 0 Å². The van der Waals surface area contributed by atoms with Crippen LogP contribution in [0.5, 0.6) is 5.75 Å². The highest BCUT2D eigenvalue weighted by atomic mass is 127. The van der Waals surface area contributed by atoms with Gasteiger partial charge in [0, 0.05) is 25.5 Å². The van der Waals surface area contributed by atoms with Gasteiger partial charge in [0.1, 0.15) is 5.75 Å². The van der Waals surface area contributed by atoms with Crippen LogP contribution >= 0.6 is 50.1 Å². The van der Waals surface area contributed by atoms with Gasteiger partial charge in [0.05, 0.1) is 6.61 Å². The van der Waals surface area contributed by atoms with Crippen LogP contribution in [0.15, 0.2) is 34.8 Å². The van der Waals surface area contributed by atoms with E-state index in [0.29, 0.717) is 6.42 Å². The lowest BCUT2D eigenvalue weighted by molar-refractivity contribution is 0.352. The van der Waals surface area contributed by atoms with Crippen LogP contribution in [0.1, 0.15) is 22.7 Å². The third-order valence-electron chi connectivity index (χ3n) is 3.62. The summed E-state index contributed by atoms with van der Waals surface area (Å²) in [5.74, 6) is 0.969. The summed E-state index contributed by atoms with van der Waals surface area (Å²) in [7, 11) is 0. The van der Waals surface area contributed by atoms with Crippen molar-refractivity contribution < 1.29 is 4.74 Å². The van der Waals surface area contributed by atoms with Crippen LogP contribution in [0.25, 0.3) is 0 Å². The molecule has 2 aromatic carbocycles. The predicted octanol–water partition coefficient (Wildman–Crippen LogP) is 4.88. The summed E-state index contributed by atoms with van der Waals surface area (Å²) in [4.78, 5) is 0. The average molecular weight is 479 g/mol. The van der Waals surface area contributed by atoms with Gasteiger partial charge in [-0.2, -0.15) is 0 Å². The average Bonchev–Trinajstić information content (AvgIpc) is 2.89. The van der Waals surface area contributed by atoms with Gasteiger partial charge in [-0.1, -0.05) is 27.5 Å². The quantitative estimate of drug-likeness (QED) is 0.638. The van der Waals surface area contributed by atoms with Crippen LogP contribution in [0.4, 0.5) is 0 Å². The summed E-state index contributed by atoms with van der Waals surface area (Å²) in [6.07, 6.45) is 1.63. The van der Waals surface area contributed by atoms with E-state index in [1.165, 1.54) is 9.13 Å². The molecule has 0 saturated carbocycles. The molecule has 2 nitrogen and oxygen atoms in total. The van der Waals surface area contributed by atoms with Crippen LogP contribution < -0.4 is 10.5 Å². The van der Waals surface area contributed by atoms with Gasteiger partial charge < -0.3 is 10.5 Å². The zero-order chi connectivity index (χ0) is 15.0. The topological polar surface area (TPSA) is 35.2 Å². The first-order valence-electron chi connectivity index (χ1n) is 6.69. The number of benzene rings is 2. The fourth-order valence-corrected chi connectivity index (χ4v) is 3.96. The molecule has 3 rings (SSSR count). The van der Waals surface area contributed by atoms with Gasteiger partial charge in [-0.25, -0.2) is 0 Å². The molecule has 0 aliphatic carbocycles. The van der Waals surface area contributed by atoms with Gasteiger partial charge in [0.2, 0.25) is 0 Å². The van der Waals surface area contributed by atoms with Crippen molar-refractivity contribution in [3.05, 3.63) is 60.1 Å². The molecule has 1 unspecified atom stereocenters. The van der Waals surface area contributed by atoms with E-state index in [2.05, 4.69) is 50.7 Å². The number of fused-ring (bicyclic) bond motifs is 1. The third kappa shape index (κ3) is 3.38. The van der Waals surface area contributed by atoms with E-state index in [9.17, 15) is 0 Å². The number of nitrogens with two attached hydrogens (primary N) is 1. The highest BCUT2D eigenvalue weighted by Crippen LogP contribution is 2.36. The first-order valence-corrected chi connectivity index (χ1v) is 8.94. The lowest BCUT2D eigenvalue weighted by atomic mass is 9.97. The van der Waals surface area contributed by atoms with Gasteiger partial charge in [-0.15, -0.1) is 0 Å². The molecule has 2 aromatic rings. The minimum atomic E-state index is -0.0964. The molecule has 5 heteroatoms. The summed E-state index contributed by atoms with van der Waals surface area (Å²) in [6, 6.07) is 10.1. The molecule has 0 amide bonds. The van der Waals surface area contributed by atoms with E-state index in [1.54, 1.807) is 0 Å². The van der Waals surface area contributed by atoms with Crippen molar-refractivity contribution in [2.24, 2.45) is 5.73 Å². The second kappa shape index (κ2) is 6.44. The van der Waals surface area contributed by atoms with Crippen molar-refractivity contribution in [3.8, 4) is 5.75 Å². The molecule has 0 aromatic heterocycles. The highest BCUT2D eigenvalue weighted by molar-refractivity contribution is 14.1. The number of hydrogen-bond donors (Lipinski definition) is 1. The third-order valence-corrected chi connectivity index (χ3v) is 5.23. The first-order chi connectivity index (χ1) is 10.0. The summed E-state index contributed by atoms with van der Waals surface area (Å²) >= 11 is 12.1. The summed E-state index contributed by atoms with van der Waals surface area (Å²) in [5.41, 5.74) is 9.79. The SMILES string of the molecule is NC(Cc1cc(Cl)cc2c1OCC2)c1cc(I)ccc1Br. The van der Waals surface area contributed by atoms with Gasteiger partial charge in [0.25, 0.3) is 0 Å². The normalized spacial score (nSPS) is 14.7. The van der Waals surface area contributed by atoms with Crippen molar-refractivity contribution in [2.45, 2.75) is 18.9 Å². The standard InChI is InChI=1S/C16H14BrClINO/c17-14-2-1-12(19)8-13(14)15(20)7-10-6-11(18)5-9-3-4-21-16(9)10/h1-2,5-6,8,15H,3-4,7,20H2. The minimum Gasteiger partial charge on any atom is -0.493 e. The van der Waals surface area contributed by atoms with Crippen molar-refractivity contribution in [2.75, 3.05) is 6.61 Å². The van der Waals surface area contributed by atoms with E-state index < -0.39 is 0 Å². The molecular formula is C16H14BrClINO. The molecule has 1 atom stereocenters. The summed E-state index contributed by atoms with van der Waals surface area (Å²) in [6.45, 7) is 0.727. The van der Waals surface area contributed by atoms with E-state index in [-0.39, 0.29) is 6.04 Å². The molecule has 110 valence electrons. The van der Waals surface area contributed by atoms with Gasteiger partial charge >= 0.3 is 0 Å². The fraction of sp³-hybridized carbons (Fsp3) is 0.250. The lowest BCUT2D eigenvalue weighted by Gasteiger charge is -2.17. The van der Waals surface area contributed by atoms with Gasteiger partial charge in [0.15, 0.2) is 0 Å². The number of hydrogen-bond acceptors (Lipinski definition) is 2. The maximum atomic E-state index is 6.41. The van der Waals surface area contributed by atoms with Crippen LogP contribution in [0.3, 0.4) is 0 Å². The largest absolute Gasteiger partial charge is 0.493 e. The molecule has 0 spiro atoms. The Morgan fingerprint density at radius 3 is 2.95 bits per heavy atom. The molecule has 1 aliphatic rings. The Labute approximate surface area is 151 Å². The van der Waals surface area contributed by atoms with E-state index >= 15 is 0 Å². The smallest absolute Gasteiger partial charge is 0.125 e. The van der Waals surface area contributed by atoms with Gasteiger partial charge in [-0.05, 0) is 76.0 Å². The molecule has 21 heavy (non-hydrogen) atoms. The van der Waals surface area contributed by atoms with Crippen LogP contribution in [0.2, 0.25) is 5.02 Å². The minimum absolute atomic E-state index is 0.0964. The fourth-order valence-electron chi connectivity index (χ4n) is 2.64. The molecule has 1 aliphatic heterocycles. The summed E-state index contributed by atoms with van der Waals surface area (Å²) < 4.78 is 7.96. The molecule has 1 heterocycles. The maximum absolute atomic E-state index is 6.41. The maximum Gasteiger partial charge on any atom is 0.125 e. The Balaban J connectivity index is 1.92. The molecule has 0 radical (unpaired) electrons. The molecule has 0 bridgehead atoms. The van der Waals surface area contributed by atoms with E-state index in [0.717, 1.165) is 39.4 Å². The van der Waals surface area contributed by atoms with E-state index in [1.807, 2.05) is 18.2 Å². The molecule has 2 N–H and O–H groups in total. The Kier molecular flexibility index (Phi) is 4.78. The first kappa shape index (κ1) is 15.6. The second-order valence-electron chi connectivity index (χ2n) is 5.13. The number of ether oxygens (including phenoxy) is 1. The van der Waals surface area contributed by atoms with Crippen LogP contribution in [0, 0.1) is 3.57 Å². The molecular weight excluding hydrogens is 464 g/mol. The Hall–Kier alpha value is -0.300. The van der Waals surface area contributed by atoms with E-state index in [4.69, 9.17) is 22.1 Å². The van der Waals surface area contributed by atoms with Crippen LogP contribution in [-0.4, -0.2) is 6.61 Å². The second-order valence-corrected chi connectivity index (χ2v) is 7.66. The molecule has 0 saturated heterocycles. The number of halogens is 3.